The average molecular weight is 334 g/mol. The Balaban J connectivity index is 1.68. The molecule has 2 aromatic rings. The lowest BCUT2D eigenvalue weighted by molar-refractivity contribution is -0.132. The fraction of sp³-hybridized carbons (Fsp3) is 0.412. The predicted octanol–water partition coefficient (Wildman–Crippen LogP) is 2.94. The molecule has 0 N–H and O–H groups in total. The van der Waals surface area contributed by atoms with E-state index in [4.69, 9.17) is 0 Å². The van der Waals surface area contributed by atoms with E-state index in [1.807, 2.05) is 6.92 Å². The molecule has 0 atom stereocenters. The number of carbonyl (C=O) groups excluding carboxylic acids is 1. The Morgan fingerprint density at radius 3 is 2.74 bits per heavy atom. The first-order valence-corrected chi connectivity index (χ1v) is 8.62. The van der Waals surface area contributed by atoms with E-state index in [9.17, 15) is 14.0 Å². The van der Waals surface area contributed by atoms with Gasteiger partial charge >= 0.3 is 4.87 Å². The summed E-state index contributed by atoms with van der Waals surface area (Å²) in [6, 6.07) is 6.77. The summed E-state index contributed by atoms with van der Waals surface area (Å²) in [4.78, 5) is 26.0. The van der Waals surface area contributed by atoms with Crippen molar-refractivity contribution < 1.29 is 9.18 Å². The van der Waals surface area contributed by atoms with Gasteiger partial charge in [-0.05, 0) is 25.8 Å². The third-order valence-corrected chi connectivity index (χ3v) is 5.01. The van der Waals surface area contributed by atoms with Gasteiger partial charge in [0.25, 0.3) is 0 Å². The zero-order valence-corrected chi connectivity index (χ0v) is 13.8. The highest BCUT2D eigenvalue weighted by molar-refractivity contribution is 7.07. The van der Waals surface area contributed by atoms with Crippen LogP contribution in [0.2, 0.25) is 0 Å². The van der Waals surface area contributed by atoms with Crippen LogP contribution in [-0.4, -0.2) is 21.4 Å². The SMILES string of the molecule is Cc1csc(=O)n1CCC(=O)N(Cc1ccccc1F)C1CC1. The first-order chi connectivity index (χ1) is 11.1. The number of thiazole rings is 1. The molecule has 23 heavy (non-hydrogen) atoms. The summed E-state index contributed by atoms with van der Waals surface area (Å²) < 4.78 is 15.5. The highest BCUT2D eigenvalue weighted by Gasteiger charge is 2.32. The van der Waals surface area contributed by atoms with E-state index >= 15 is 0 Å². The van der Waals surface area contributed by atoms with Gasteiger partial charge in [0.1, 0.15) is 5.82 Å². The van der Waals surface area contributed by atoms with Crippen LogP contribution in [-0.2, 0) is 17.9 Å². The maximum absolute atomic E-state index is 13.8. The zero-order valence-electron chi connectivity index (χ0n) is 13.0. The van der Waals surface area contributed by atoms with Gasteiger partial charge in [0.2, 0.25) is 5.91 Å². The lowest BCUT2D eigenvalue weighted by atomic mass is 10.2. The molecule has 1 aliphatic rings. The second-order valence-electron chi connectivity index (χ2n) is 5.89. The molecular formula is C17H19FN2O2S. The standard InChI is InChI=1S/C17H19FN2O2S/c1-12-11-23-17(22)19(12)9-8-16(21)20(14-6-7-14)10-13-4-2-3-5-15(13)18/h2-5,11,14H,6-10H2,1H3. The summed E-state index contributed by atoms with van der Waals surface area (Å²) in [7, 11) is 0. The minimum absolute atomic E-state index is 0.0201. The number of benzene rings is 1. The molecule has 0 saturated heterocycles. The second kappa shape index (κ2) is 6.66. The lowest BCUT2D eigenvalue weighted by Gasteiger charge is -2.23. The van der Waals surface area contributed by atoms with E-state index in [1.54, 1.807) is 33.0 Å². The average Bonchev–Trinajstić information content (AvgIpc) is 3.31. The van der Waals surface area contributed by atoms with Crippen molar-refractivity contribution in [2.24, 2.45) is 0 Å². The molecule has 4 nitrogen and oxygen atoms in total. The van der Waals surface area contributed by atoms with Gasteiger partial charge in [-0.25, -0.2) is 4.39 Å². The molecule has 0 radical (unpaired) electrons. The van der Waals surface area contributed by atoms with Crippen LogP contribution >= 0.6 is 11.3 Å². The van der Waals surface area contributed by atoms with Crippen LogP contribution in [0.1, 0.15) is 30.5 Å². The van der Waals surface area contributed by atoms with Gasteiger partial charge in [0, 0.05) is 42.2 Å². The summed E-state index contributed by atoms with van der Waals surface area (Å²) in [5.41, 5.74) is 1.41. The van der Waals surface area contributed by atoms with Crippen molar-refractivity contribution in [2.75, 3.05) is 0 Å². The van der Waals surface area contributed by atoms with E-state index < -0.39 is 0 Å². The first-order valence-electron chi connectivity index (χ1n) is 7.74. The molecule has 0 bridgehead atoms. The normalized spacial score (nSPS) is 14.0. The number of hydrogen-bond acceptors (Lipinski definition) is 3. The molecule has 1 aromatic carbocycles. The number of nitrogens with zero attached hydrogens (tertiary/aromatic N) is 2. The third kappa shape index (κ3) is 3.69. The molecule has 3 rings (SSSR count). The summed E-state index contributed by atoms with van der Waals surface area (Å²) in [5.74, 6) is -0.302. The van der Waals surface area contributed by atoms with Gasteiger partial charge in [-0.15, -0.1) is 0 Å². The summed E-state index contributed by atoms with van der Waals surface area (Å²) in [5, 5.41) is 1.80. The van der Waals surface area contributed by atoms with Crippen LogP contribution in [0.3, 0.4) is 0 Å². The van der Waals surface area contributed by atoms with E-state index in [2.05, 4.69) is 0 Å². The number of amides is 1. The number of halogens is 1. The zero-order chi connectivity index (χ0) is 16.4. The summed E-state index contributed by atoms with van der Waals surface area (Å²) in [6.45, 7) is 2.54. The van der Waals surface area contributed by atoms with E-state index in [0.717, 1.165) is 29.9 Å². The second-order valence-corrected chi connectivity index (χ2v) is 6.71. The van der Waals surface area contributed by atoms with Gasteiger partial charge in [0.05, 0.1) is 0 Å². The monoisotopic (exact) mass is 334 g/mol. The van der Waals surface area contributed by atoms with Gasteiger partial charge in [-0.2, -0.15) is 0 Å². The van der Waals surface area contributed by atoms with Crippen LogP contribution in [0.4, 0.5) is 4.39 Å². The van der Waals surface area contributed by atoms with Crippen LogP contribution < -0.4 is 4.87 Å². The van der Waals surface area contributed by atoms with Gasteiger partial charge in [0.15, 0.2) is 0 Å². The van der Waals surface area contributed by atoms with Crippen molar-refractivity contribution in [3.05, 3.63) is 56.4 Å². The fourth-order valence-electron chi connectivity index (χ4n) is 2.64. The third-order valence-electron chi connectivity index (χ3n) is 4.13. The molecule has 1 aromatic heterocycles. The number of aryl methyl sites for hydroxylation is 1. The predicted molar refractivity (Wildman–Crippen MR) is 87.9 cm³/mol. The van der Waals surface area contributed by atoms with Crippen LogP contribution in [0.5, 0.6) is 0 Å². The molecule has 0 spiro atoms. The van der Waals surface area contributed by atoms with E-state index in [-0.39, 0.29) is 29.1 Å². The summed E-state index contributed by atoms with van der Waals surface area (Å²) in [6.07, 6.45) is 2.21. The molecule has 1 heterocycles. The van der Waals surface area contributed by atoms with Crippen LogP contribution in [0.25, 0.3) is 0 Å². The molecule has 1 saturated carbocycles. The van der Waals surface area contributed by atoms with Gasteiger partial charge in [-0.3, -0.25) is 9.59 Å². The minimum Gasteiger partial charge on any atom is -0.335 e. The molecule has 1 amide bonds. The van der Waals surface area contributed by atoms with Crippen molar-refractivity contribution in [1.29, 1.82) is 0 Å². The van der Waals surface area contributed by atoms with Crippen molar-refractivity contribution in [2.45, 2.75) is 45.3 Å². The maximum atomic E-state index is 13.8. The quantitative estimate of drug-likeness (QED) is 0.815. The van der Waals surface area contributed by atoms with Gasteiger partial charge in [-0.1, -0.05) is 29.5 Å². The Kier molecular flexibility index (Phi) is 4.61. The van der Waals surface area contributed by atoms with Crippen molar-refractivity contribution in [1.82, 2.24) is 9.47 Å². The minimum atomic E-state index is -0.282. The smallest absolute Gasteiger partial charge is 0.307 e. The molecule has 0 aliphatic heterocycles. The van der Waals surface area contributed by atoms with E-state index in [1.165, 1.54) is 6.07 Å². The topological polar surface area (TPSA) is 42.3 Å². The Hall–Kier alpha value is -1.95. The van der Waals surface area contributed by atoms with Crippen LogP contribution in [0.15, 0.2) is 34.4 Å². The number of hydrogen-bond donors (Lipinski definition) is 0. The lowest BCUT2D eigenvalue weighted by Crippen LogP contribution is -2.34. The Morgan fingerprint density at radius 2 is 2.13 bits per heavy atom. The molecule has 1 aliphatic carbocycles. The molecular weight excluding hydrogens is 315 g/mol. The number of rotatable bonds is 6. The van der Waals surface area contributed by atoms with E-state index in [0.29, 0.717) is 18.7 Å². The fourth-order valence-corrected chi connectivity index (χ4v) is 3.40. The highest BCUT2D eigenvalue weighted by Crippen LogP contribution is 2.29. The molecule has 122 valence electrons. The van der Waals surface area contributed by atoms with Crippen molar-refractivity contribution >= 4 is 17.2 Å². The largest absolute Gasteiger partial charge is 0.335 e. The van der Waals surface area contributed by atoms with Gasteiger partial charge < -0.3 is 9.47 Å². The van der Waals surface area contributed by atoms with Crippen LogP contribution in [0, 0.1) is 12.7 Å². The molecule has 1 fully saturated rings. The van der Waals surface area contributed by atoms with Crippen molar-refractivity contribution in [3.63, 3.8) is 0 Å². The highest BCUT2D eigenvalue weighted by atomic mass is 32.1. The first kappa shape index (κ1) is 15.9. The maximum Gasteiger partial charge on any atom is 0.307 e. The summed E-state index contributed by atoms with van der Waals surface area (Å²) >= 11 is 1.15. The molecule has 6 heteroatoms. The Labute approximate surface area is 138 Å². The molecule has 0 unspecified atom stereocenters. The Bertz CT molecular complexity index is 764. The van der Waals surface area contributed by atoms with Crippen molar-refractivity contribution in [3.8, 4) is 0 Å². The number of aromatic nitrogens is 1. The number of carbonyl (C=O) groups is 1. The Morgan fingerprint density at radius 1 is 1.39 bits per heavy atom.